The number of nitrogens with two attached hydrogens (primary N) is 1. The number of carbonyl (C=O) groups excluding carboxylic acids is 1. The third-order valence-electron chi connectivity index (χ3n) is 5.66. The summed E-state index contributed by atoms with van der Waals surface area (Å²) in [5.41, 5.74) is 11.5. The second kappa shape index (κ2) is 7.80. The summed E-state index contributed by atoms with van der Waals surface area (Å²) < 4.78 is 0. The number of aryl methyl sites for hydroxylation is 2. The molecule has 4 aromatic rings. The summed E-state index contributed by atoms with van der Waals surface area (Å²) in [6, 6.07) is 14.3. The predicted octanol–water partition coefficient (Wildman–Crippen LogP) is 5.92. The van der Waals surface area contributed by atoms with Gasteiger partial charge in [0.15, 0.2) is 0 Å². The molecule has 0 radical (unpaired) electrons. The van der Waals surface area contributed by atoms with Gasteiger partial charge in [-0.05, 0) is 50.3 Å². The summed E-state index contributed by atoms with van der Waals surface area (Å²) in [4.78, 5) is 20.2. The Morgan fingerprint density at radius 3 is 2.68 bits per heavy atom. The number of amides is 1. The quantitative estimate of drug-likeness (QED) is 0.410. The normalized spacial score (nSPS) is 13.0. The van der Waals surface area contributed by atoms with E-state index in [0.717, 1.165) is 52.7 Å². The molecule has 3 heterocycles. The lowest BCUT2D eigenvalue weighted by molar-refractivity contribution is 0.103. The molecular formula is C24H20N4OS2. The van der Waals surface area contributed by atoms with E-state index in [2.05, 4.69) is 23.5 Å². The number of rotatable bonds is 3. The van der Waals surface area contributed by atoms with Gasteiger partial charge >= 0.3 is 0 Å². The SMILES string of the molecule is Cc1ccc(-c2ccc3c(N)c(C(=O)Nc4sc5c(c4C#N)CCCC5)sc3n2)cc1. The van der Waals surface area contributed by atoms with Crippen LogP contribution in [-0.2, 0) is 12.8 Å². The minimum atomic E-state index is -0.285. The van der Waals surface area contributed by atoms with Crippen LogP contribution in [0.4, 0.5) is 10.7 Å². The molecule has 0 bridgehead atoms. The number of nitrogens with one attached hydrogen (secondary N) is 1. The average molecular weight is 445 g/mol. The summed E-state index contributed by atoms with van der Waals surface area (Å²) in [7, 11) is 0. The van der Waals surface area contributed by atoms with Crippen molar-refractivity contribution in [3.63, 3.8) is 0 Å². The van der Waals surface area contributed by atoms with E-state index < -0.39 is 0 Å². The first-order valence-corrected chi connectivity index (χ1v) is 11.8. The van der Waals surface area contributed by atoms with Gasteiger partial charge in [0, 0.05) is 15.8 Å². The Labute approximate surface area is 188 Å². The molecule has 1 aliphatic carbocycles. The fraction of sp³-hybridized carbons (Fsp3) is 0.208. The van der Waals surface area contributed by atoms with Crippen molar-refractivity contribution in [3.8, 4) is 17.3 Å². The summed E-state index contributed by atoms with van der Waals surface area (Å²) >= 11 is 2.80. The van der Waals surface area contributed by atoms with Crippen molar-refractivity contribution in [2.24, 2.45) is 0 Å². The smallest absolute Gasteiger partial charge is 0.268 e. The van der Waals surface area contributed by atoms with Crippen LogP contribution in [0.3, 0.4) is 0 Å². The molecule has 5 rings (SSSR count). The van der Waals surface area contributed by atoms with Gasteiger partial charge in [-0.3, -0.25) is 4.79 Å². The molecule has 0 aliphatic heterocycles. The number of thiophene rings is 2. The Hall–Kier alpha value is -3.21. The van der Waals surface area contributed by atoms with Crippen molar-refractivity contribution >= 4 is 49.5 Å². The zero-order valence-electron chi connectivity index (χ0n) is 17.0. The number of carbonyl (C=O) groups is 1. The van der Waals surface area contributed by atoms with E-state index in [-0.39, 0.29) is 5.91 Å². The highest BCUT2D eigenvalue weighted by Crippen LogP contribution is 2.39. The maximum absolute atomic E-state index is 13.1. The number of pyridine rings is 1. The van der Waals surface area contributed by atoms with Crippen molar-refractivity contribution in [1.82, 2.24) is 4.98 Å². The highest BCUT2D eigenvalue weighted by molar-refractivity contribution is 7.21. The molecule has 1 aliphatic rings. The predicted molar refractivity (Wildman–Crippen MR) is 128 cm³/mol. The minimum Gasteiger partial charge on any atom is -0.397 e. The second-order valence-electron chi connectivity index (χ2n) is 7.74. The van der Waals surface area contributed by atoms with E-state index in [9.17, 15) is 10.1 Å². The summed E-state index contributed by atoms with van der Waals surface area (Å²) in [5, 5.41) is 14.0. The van der Waals surface area contributed by atoms with Gasteiger partial charge in [-0.25, -0.2) is 4.98 Å². The Kier molecular flexibility index (Phi) is 4.97. The zero-order chi connectivity index (χ0) is 21.5. The number of anilines is 2. The van der Waals surface area contributed by atoms with Crippen molar-refractivity contribution < 1.29 is 4.79 Å². The van der Waals surface area contributed by atoms with Crippen molar-refractivity contribution in [2.75, 3.05) is 11.1 Å². The molecule has 0 fully saturated rings. The van der Waals surface area contributed by atoms with E-state index in [1.165, 1.54) is 33.1 Å². The molecular weight excluding hydrogens is 424 g/mol. The molecule has 5 nitrogen and oxygen atoms in total. The monoisotopic (exact) mass is 444 g/mol. The number of benzene rings is 1. The number of nitrogens with zero attached hydrogens (tertiary/aromatic N) is 2. The number of hydrogen-bond donors (Lipinski definition) is 2. The maximum atomic E-state index is 13.1. The lowest BCUT2D eigenvalue weighted by atomic mass is 9.96. The molecule has 0 atom stereocenters. The Morgan fingerprint density at radius 2 is 1.90 bits per heavy atom. The molecule has 1 aromatic carbocycles. The largest absolute Gasteiger partial charge is 0.397 e. The number of fused-ring (bicyclic) bond motifs is 2. The van der Waals surface area contributed by atoms with E-state index in [1.54, 1.807) is 0 Å². The van der Waals surface area contributed by atoms with Crippen LogP contribution < -0.4 is 11.1 Å². The van der Waals surface area contributed by atoms with Gasteiger partial charge in [-0.1, -0.05) is 29.8 Å². The standard InChI is InChI=1S/C24H20N4OS2/c1-13-6-8-14(9-7-13)18-11-10-16-20(26)21(31-23(16)27-18)22(29)28-24-17(12-25)15-4-2-3-5-19(15)30-24/h6-11H,2-5,26H2,1H3,(H,28,29). The van der Waals surface area contributed by atoms with Crippen LogP contribution in [0.1, 0.15) is 44.1 Å². The van der Waals surface area contributed by atoms with Gasteiger partial charge in [-0.15, -0.1) is 22.7 Å². The topological polar surface area (TPSA) is 91.8 Å². The average Bonchev–Trinajstić information content (AvgIpc) is 3.30. The van der Waals surface area contributed by atoms with Gasteiger partial charge < -0.3 is 11.1 Å². The zero-order valence-corrected chi connectivity index (χ0v) is 18.6. The Bertz CT molecular complexity index is 1360. The Morgan fingerprint density at radius 1 is 1.13 bits per heavy atom. The molecule has 3 N–H and O–H groups in total. The van der Waals surface area contributed by atoms with Gasteiger partial charge in [0.05, 0.1) is 16.9 Å². The molecule has 0 spiro atoms. The number of hydrogen-bond acceptors (Lipinski definition) is 6. The van der Waals surface area contributed by atoms with Crippen LogP contribution in [0.5, 0.6) is 0 Å². The molecule has 7 heteroatoms. The molecule has 3 aromatic heterocycles. The van der Waals surface area contributed by atoms with Crippen LogP contribution in [0.25, 0.3) is 21.5 Å². The minimum absolute atomic E-state index is 0.285. The van der Waals surface area contributed by atoms with Crippen LogP contribution in [-0.4, -0.2) is 10.9 Å². The first-order chi connectivity index (χ1) is 15.0. The number of aromatic nitrogens is 1. The molecule has 31 heavy (non-hydrogen) atoms. The second-order valence-corrected chi connectivity index (χ2v) is 9.85. The summed E-state index contributed by atoms with van der Waals surface area (Å²) in [5.74, 6) is -0.285. The molecule has 0 saturated heterocycles. The van der Waals surface area contributed by atoms with Crippen LogP contribution in [0.2, 0.25) is 0 Å². The third-order valence-corrected chi connectivity index (χ3v) is 7.98. The first-order valence-electron chi connectivity index (χ1n) is 10.2. The highest BCUT2D eigenvalue weighted by atomic mass is 32.1. The van der Waals surface area contributed by atoms with E-state index in [0.29, 0.717) is 21.1 Å². The van der Waals surface area contributed by atoms with Crippen LogP contribution in [0.15, 0.2) is 36.4 Å². The third kappa shape index (κ3) is 3.48. The maximum Gasteiger partial charge on any atom is 0.268 e. The first kappa shape index (κ1) is 19.7. The fourth-order valence-electron chi connectivity index (χ4n) is 3.98. The van der Waals surface area contributed by atoms with Gasteiger partial charge in [0.2, 0.25) is 0 Å². The van der Waals surface area contributed by atoms with Gasteiger partial charge in [-0.2, -0.15) is 5.26 Å². The Balaban J connectivity index is 1.48. The number of nitrogen functional groups attached to an aromatic ring is 1. The van der Waals surface area contributed by atoms with Crippen molar-refractivity contribution in [3.05, 3.63) is 62.8 Å². The van der Waals surface area contributed by atoms with E-state index >= 15 is 0 Å². The van der Waals surface area contributed by atoms with Gasteiger partial charge in [0.1, 0.15) is 20.8 Å². The van der Waals surface area contributed by atoms with Crippen LogP contribution in [0, 0.1) is 18.3 Å². The van der Waals surface area contributed by atoms with Crippen molar-refractivity contribution in [2.45, 2.75) is 32.6 Å². The lowest BCUT2D eigenvalue weighted by Gasteiger charge is -2.09. The lowest BCUT2D eigenvalue weighted by Crippen LogP contribution is -2.12. The molecule has 0 unspecified atom stereocenters. The molecule has 154 valence electrons. The molecule has 0 saturated carbocycles. The summed E-state index contributed by atoms with van der Waals surface area (Å²) in [6.07, 6.45) is 4.09. The van der Waals surface area contributed by atoms with E-state index in [1.807, 2.05) is 31.2 Å². The summed E-state index contributed by atoms with van der Waals surface area (Å²) in [6.45, 7) is 2.05. The highest BCUT2D eigenvalue weighted by Gasteiger charge is 2.24. The van der Waals surface area contributed by atoms with Gasteiger partial charge in [0.25, 0.3) is 5.91 Å². The van der Waals surface area contributed by atoms with Crippen molar-refractivity contribution in [1.29, 1.82) is 5.26 Å². The fourth-order valence-corrected chi connectivity index (χ4v) is 6.21. The van der Waals surface area contributed by atoms with E-state index in [4.69, 9.17) is 10.7 Å². The number of nitriles is 1. The molecule has 1 amide bonds. The van der Waals surface area contributed by atoms with Crippen LogP contribution >= 0.6 is 22.7 Å².